The Morgan fingerprint density at radius 3 is 2.52 bits per heavy atom. The second kappa shape index (κ2) is 7.13. The van der Waals surface area contributed by atoms with Crippen molar-refractivity contribution in [3.05, 3.63) is 48.0 Å². The second-order valence-electron chi connectivity index (χ2n) is 4.57. The largest absolute Gasteiger partial charge is 0.493 e. The number of hydrogen-bond donors (Lipinski definition) is 1. The third kappa shape index (κ3) is 3.98. The highest BCUT2D eigenvalue weighted by Crippen LogP contribution is 2.25. The standard InChI is InChI=1S/C16H19NO3S/c1-12-11-13(7-8-14(12)17)21(18)10-9-20-16-6-4-3-5-15(16)19-2/h3-8,11H,9-10,17H2,1-2H3. The monoisotopic (exact) mass is 305 g/mol. The topological polar surface area (TPSA) is 61.5 Å². The summed E-state index contributed by atoms with van der Waals surface area (Å²) in [7, 11) is 0.489. The molecular formula is C16H19NO3S. The van der Waals surface area contributed by atoms with Crippen LogP contribution in [0.5, 0.6) is 11.5 Å². The number of anilines is 1. The lowest BCUT2D eigenvalue weighted by molar-refractivity contribution is 0.312. The van der Waals surface area contributed by atoms with Crippen LogP contribution in [0.25, 0.3) is 0 Å². The molecule has 2 N–H and O–H groups in total. The molecule has 5 heteroatoms. The van der Waals surface area contributed by atoms with Crippen LogP contribution in [0.15, 0.2) is 47.4 Å². The smallest absolute Gasteiger partial charge is 0.161 e. The minimum absolute atomic E-state index is 0.358. The average Bonchev–Trinajstić information content (AvgIpc) is 2.50. The number of hydrogen-bond acceptors (Lipinski definition) is 4. The Hall–Kier alpha value is -2.01. The molecule has 0 aromatic heterocycles. The highest BCUT2D eigenvalue weighted by molar-refractivity contribution is 7.85. The van der Waals surface area contributed by atoms with E-state index in [4.69, 9.17) is 15.2 Å². The lowest BCUT2D eigenvalue weighted by atomic mass is 10.2. The molecule has 2 rings (SSSR count). The van der Waals surface area contributed by atoms with E-state index in [2.05, 4.69) is 0 Å². The maximum absolute atomic E-state index is 12.2. The molecule has 0 spiro atoms. The lowest BCUT2D eigenvalue weighted by Crippen LogP contribution is -2.09. The first-order chi connectivity index (χ1) is 10.1. The minimum atomic E-state index is -1.11. The molecular weight excluding hydrogens is 286 g/mol. The SMILES string of the molecule is COc1ccccc1OCCS(=O)c1ccc(N)c(C)c1. The van der Waals surface area contributed by atoms with Crippen LogP contribution >= 0.6 is 0 Å². The summed E-state index contributed by atoms with van der Waals surface area (Å²) < 4.78 is 23.0. The van der Waals surface area contributed by atoms with Gasteiger partial charge in [0.15, 0.2) is 11.5 Å². The lowest BCUT2D eigenvalue weighted by Gasteiger charge is -2.10. The van der Waals surface area contributed by atoms with Crippen LogP contribution in [-0.4, -0.2) is 23.7 Å². The molecule has 0 heterocycles. The minimum Gasteiger partial charge on any atom is -0.493 e. The van der Waals surface area contributed by atoms with Gasteiger partial charge in [-0.05, 0) is 42.8 Å². The molecule has 21 heavy (non-hydrogen) atoms. The van der Waals surface area contributed by atoms with Crippen LogP contribution in [0.2, 0.25) is 0 Å². The number of para-hydroxylation sites is 2. The summed E-state index contributed by atoms with van der Waals surface area (Å²) in [5, 5.41) is 0. The van der Waals surface area contributed by atoms with E-state index in [9.17, 15) is 4.21 Å². The molecule has 2 aromatic rings. The summed E-state index contributed by atoms with van der Waals surface area (Å²) in [6.07, 6.45) is 0. The summed E-state index contributed by atoms with van der Waals surface area (Å²) in [6, 6.07) is 12.8. The zero-order valence-electron chi connectivity index (χ0n) is 12.2. The van der Waals surface area contributed by atoms with Crippen LogP contribution < -0.4 is 15.2 Å². The van der Waals surface area contributed by atoms with E-state index in [1.54, 1.807) is 19.2 Å². The molecule has 0 aliphatic heterocycles. The van der Waals surface area contributed by atoms with Crippen molar-refractivity contribution in [1.82, 2.24) is 0 Å². The first-order valence-electron chi connectivity index (χ1n) is 6.62. The molecule has 0 saturated carbocycles. The van der Waals surface area contributed by atoms with Gasteiger partial charge in [-0.2, -0.15) is 0 Å². The normalized spacial score (nSPS) is 11.9. The van der Waals surface area contributed by atoms with Gasteiger partial charge in [-0.25, -0.2) is 0 Å². The Kier molecular flexibility index (Phi) is 5.22. The van der Waals surface area contributed by atoms with Crippen LogP contribution in [0.3, 0.4) is 0 Å². The molecule has 4 nitrogen and oxygen atoms in total. The first-order valence-corrected chi connectivity index (χ1v) is 7.94. The van der Waals surface area contributed by atoms with Crippen molar-refractivity contribution in [2.75, 3.05) is 25.2 Å². The number of aryl methyl sites for hydroxylation is 1. The summed E-state index contributed by atoms with van der Waals surface area (Å²) in [4.78, 5) is 0.769. The van der Waals surface area contributed by atoms with Crippen LogP contribution in [0, 0.1) is 6.92 Å². The van der Waals surface area contributed by atoms with Gasteiger partial charge in [-0.15, -0.1) is 0 Å². The molecule has 1 atom stereocenters. The Bertz CT molecular complexity index is 643. The summed E-state index contributed by atoms with van der Waals surface area (Å²) in [5.41, 5.74) is 7.41. The number of benzene rings is 2. The van der Waals surface area contributed by atoms with Crippen molar-refractivity contribution in [3.63, 3.8) is 0 Å². The van der Waals surface area contributed by atoms with Gasteiger partial charge < -0.3 is 15.2 Å². The maximum atomic E-state index is 12.2. The van der Waals surface area contributed by atoms with Gasteiger partial charge in [-0.1, -0.05) is 12.1 Å². The van der Waals surface area contributed by atoms with Gasteiger partial charge in [-0.3, -0.25) is 4.21 Å². The van der Waals surface area contributed by atoms with E-state index < -0.39 is 10.8 Å². The fourth-order valence-corrected chi connectivity index (χ4v) is 2.87. The number of methoxy groups -OCH3 is 1. The van der Waals surface area contributed by atoms with Gasteiger partial charge in [0.2, 0.25) is 0 Å². The third-order valence-corrected chi connectivity index (χ3v) is 4.42. The molecule has 0 amide bonds. The Morgan fingerprint density at radius 1 is 1.14 bits per heavy atom. The molecule has 112 valence electrons. The average molecular weight is 305 g/mol. The van der Waals surface area contributed by atoms with Crippen molar-refractivity contribution in [1.29, 1.82) is 0 Å². The van der Waals surface area contributed by atoms with Crippen molar-refractivity contribution in [2.45, 2.75) is 11.8 Å². The zero-order chi connectivity index (χ0) is 15.2. The van der Waals surface area contributed by atoms with Crippen molar-refractivity contribution in [2.24, 2.45) is 0 Å². The van der Waals surface area contributed by atoms with E-state index in [0.29, 0.717) is 29.5 Å². The van der Waals surface area contributed by atoms with Gasteiger partial charge in [0.1, 0.15) is 6.61 Å². The van der Waals surface area contributed by atoms with Crippen molar-refractivity contribution < 1.29 is 13.7 Å². The second-order valence-corrected chi connectivity index (χ2v) is 6.14. The molecule has 1 unspecified atom stereocenters. The highest BCUT2D eigenvalue weighted by atomic mass is 32.2. The van der Waals surface area contributed by atoms with Crippen molar-refractivity contribution in [3.8, 4) is 11.5 Å². The van der Waals surface area contributed by atoms with Gasteiger partial charge in [0.25, 0.3) is 0 Å². The Morgan fingerprint density at radius 2 is 1.86 bits per heavy atom. The first kappa shape index (κ1) is 15.4. The van der Waals surface area contributed by atoms with Crippen LogP contribution in [0.1, 0.15) is 5.56 Å². The zero-order valence-corrected chi connectivity index (χ0v) is 13.0. The fraction of sp³-hybridized carbons (Fsp3) is 0.250. The number of rotatable bonds is 6. The van der Waals surface area contributed by atoms with E-state index in [1.807, 2.05) is 37.3 Å². The van der Waals surface area contributed by atoms with Gasteiger partial charge in [0.05, 0.1) is 23.7 Å². The molecule has 2 aromatic carbocycles. The summed E-state index contributed by atoms with van der Waals surface area (Å²) in [5.74, 6) is 1.75. The number of ether oxygens (including phenoxy) is 2. The maximum Gasteiger partial charge on any atom is 0.161 e. The van der Waals surface area contributed by atoms with E-state index in [1.165, 1.54) is 0 Å². The predicted octanol–water partition coefficient (Wildman–Crippen LogP) is 2.77. The van der Waals surface area contributed by atoms with E-state index in [-0.39, 0.29) is 0 Å². The summed E-state index contributed by atoms with van der Waals surface area (Å²) >= 11 is 0. The molecule has 0 aliphatic carbocycles. The quantitative estimate of drug-likeness (QED) is 0.834. The third-order valence-electron chi connectivity index (χ3n) is 3.10. The highest BCUT2D eigenvalue weighted by Gasteiger charge is 2.07. The van der Waals surface area contributed by atoms with E-state index >= 15 is 0 Å². The number of nitrogen functional groups attached to an aromatic ring is 1. The van der Waals surface area contributed by atoms with Gasteiger partial charge >= 0.3 is 0 Å². The molecule has 0 radical (unpaired) electrons. The van der Waals surface area contributed by atoms with Crippen LogP contribution in [0.4, 0.5) is 5.69 Å². The Labute approximate surface area is 127 Å². The predicted molar refractivity (Wildman–Crippen MR) is 85.4 cm³/mol. The van der Waals surface area contributed by atoms with Gasteiger partial charge in [0, 0.05) is 10.6 Å². The van der Waals surface area contributed by atoms with E-state index in [0.717, 1.165) is 10.5 Å². The molecule has 0 bridgehead atoms. The summed E-state index contributed by atoms with van der Waals surface area (Å²) in [6.45, 7) is 2.26. The van der Waals surface area contributed by atoms with Crippen molar-refractivity contribution >= 4 is 16.5 Å². The fourth-order valence-electron chi connectivity index (χ4n) is 1.87. The molecule has 0 saturated heterocycles. The molecule has 0 aliphatic rings. The van der Waals surface area contributed by atoms with Crippen LogP contribution in [-0.2, 0) is 10.8 Å². The Balaban J connectivity index is 1.93. The number of nitrogens with two attached hydrogens (primary N) is 1. The molecule has 0 fully saturated rings.